The summed E-state index contributed by atoms with van der Waals surface area (Å²) in [5.74, 6) is 0.189. The zero-order valence-corrected chi connectivity index (χ0v) is 16.4. The van der Waals surface area contributed by atoms with Crippen molar-refractivity contribution in [1.29, 1.82) is 0 Å². The van der Waals surface area contributed by atoms with Gasteiger partial charge in [-0.25, -0.2) is 4.98 Å². The van der Waals surface area contributed by atoms with Crippen molar-refractivity contribution in [3.8, 4) is 22.5 Å². The highest BCUT2D eigenvalue weighted by molar-refractivity contribution is 7.99. The summed E-state index contributed by atoms with van der Waals surface area (Å²) in [5, 5.41) is 11.0. The summed E-state index contributed by atoms with van der Waals surface area (Å²) in [6.07, 6.45) is 0.154. The monoisotopic (exact) mass is 394 g/mol. The van der Waals surface area contributed by atoms with E-state index in [4.69, 9.17) is 9.72 Å². The highest BCUT2D eigenvalue weighted by atomic mass is 32.2. The number of hydrogen-bond acceptors (Lipinski definition) is 5. The summed E-state index contributed by atoms with van der Waals surface area (Å²) in [7, 11) is 0. The second kappa shape index (κ2) is 7.81. The molecule has 1 saturated heterocycles. The van der Waals surface area contributed by atoms with Gasteiger partial charge in [0.05, 0.1) is 23.4 Å². The van der Waals surface area contributed by atoms with Crippen LogP contribution in [0.4, 0.5) is 0 Å². The Bertz CT molecular complexity index is 897. The fraction of sp³-hybridized carbons (Fsp3) is 0.273. The molecule has 5 nitrogen and oxygen atoms in total. The largest absolute Gasteiger partial charge is 0.461 e. The lowest BCUT2D eigenvalue weighted by molar-refractivity contribution is -0.165. The van der Waals surface area contributed by atoms with Gasteiger partial charge < -0.3 is 14.8 Å². The summed E-state index contributed by atoms with van der Waals surface area (Å²) in [6.45, 7) is 1.68. The van der Waals surface area contributed by atoms with Gasteiger partial charge in [0.25, 0.3) is 0 Å². The lowest BCUT2D eigenvalue weighted by Crippen LogP contribution is -2.41. The average molecular weight is 394 g/mol. The zero-order chi connectivity index (χ0) is 19.6. The number of carbonyl (C=O) groups is 1. The molecule has 1 aromatic heterocycles. The maximum absolute atomic E-state index is 11.7. The molecule has 2 aromatic carbocycles. The molecule has 0 unspecified atom stereocenters. The average Bonchev–Trinajstić information content (AvgIpc) is 3.11. The molecule has 0 aliphatic carbocycles. The molecule has 1 aliphatic rings. The number of carbonyl (C=O) groups excluding carboxylic acids is 1. The van der Waals surface area contributed by atoms with Crippen LogP contribution in [0.2, 0.25) is 0 Å². The first-order chi connectivity index (χ1) is 13.5. The van der Waals surface area contributed by atoms with Crippen molar-refractivity contribution in [1.82, 2.24) is 9.97 Å². The standard InChI is InChI=1S/C22H22N2O3S/c1-22(26)12-17(27-18(25)13-22)14-28-21-23-19(15-8-4-2-5-9-15)20(24-21)16-10-6-3-7-11-16/h2-11,17,26H,12-14H2,1H3,(H,23,24)/t17-,22+/m0/s1. The Morgan fingerprint density at radius 1 is 1.14 bits per heavy atom. The van der Waals surface area contributed by atoms with E-state index in [1.54, 1.807) is 6.92 Å². The number of nitrogens with one attached hydrogen (secondary N) is 1. The van der Waals surface area contributed by atoms with Crippen molar-refractivity contribution in [3.63, 3.8) is 0 Å². The van der Waals surface area contributed by atoms with E-state index in [0.29, 0.717) is 12.2 Å². The molecule has 6 heteroatoms. The van der Waals surface area contributed by atoms with Crippen LogP contribution in [-0.4, -0.2) is 38.5 Å². The molecule has 2 N–H and O–H groups in total. The first kappa shape index (κ1) is 18.8. The number of nitrogens with zero attached hydrogens (tertiary/aromatic N) is 1. The number of aliphatic hydroxyl groups is 1. The second-order valence-electron chi connectivity index (χ2n) is 7.30. The molecule has 0 amide bonds. The van der Waals surface area contributed by atoms with Crippen LogP contribution in [0, 0.1) is 0 Å². The number of aromatic amines is 1. The summed E-state index contributed by atoms with van der Waals surface area (Å²) >= 11 is 1.50. The summed E-state index contributed by atoms with van der Waals surface area (Å²) in [4.78, 5) is 19.9. The second-order valence-corrected chi connectivity index (χ2v) is 8.31. The molecule has 1 fully saturated rings. The Balaban J connectivity index is 1.58. The number of imidazole rings is 1. The smallest absolute Gasteiger partial charge is 0.309 e. The van der Waals surface area contributed by atoms with Crippen LogP contribution < -0.4 is 0 Å². The highest BCUT2D eigenvalue weighted by Crippen LogP contribution is 2.34. The van der Waals surface area contributed by atoms with Gasteiger partial charge in [0.2, 0.25) is 0 Å². The third-order valence-electron chi connectivity index (χ3n) is 4.69. The Morgan fingerprint density at radius 2 is 1.79 bits per heavy atom. The minimum atomic E-state index is -1.01. The normalized spacial score (nSPS) is 22.1. The first-order valence-corrected chi connectivity index (χ1v) is 10.2. The molecule has 2 heterocycles. The predicted molar refractivity (Wildman–Crippen MR) is 110 cm³/mol. The number of H-pyrrole nitrogens is 1. The van der Waals surface area contributed by atoms with Gasteiger partial charge in [0.15, 0.2) is 5.16 Å². The van der Waals surface area contributed by atoms with Crippen LogP contribution in [-0.2, 0) is 9.53 Å². The van der Waals surface area contributed by atoms with E-state index in [0.717, 1.165) is 27.7 Å². The van der Waals surface area contributed by atoms with E-state index >= 15 is 0 Å². The van der Waals surface area contributed by atoms with Crippen LogP contribution >= 0.6 is 11.8 Å². The van der Waals surface area contributed by atoms with Crippen molar-refractivity contribution in [2.75, 3.05) is 5.75 Å². The van der Waals surface area contributed by atoms with Crippen molar-refractivity contribution in [3.05, 3.63) is 60.7 Å². The maximum atomic E-state index is 11.7. The molecule has 144 valence electrons. The van der Waals surface area contributed by atoms with Crippen LogP contribution in [0.15, 0.2) is 65.8 Å². The minimum Gasteiger partial charge on any atom is -0.461 e. The third kappa shape index (κ3) is 4.29. The summed E-state index contributed by atoms with van der Waals surface area (Å²) < 4.78 is 5.39. The lowest BCUT2D eigenvalue weighted by atomic mass is 9.93. The van der Waals surface area contributed by atoms with Gasteiger partial charge in [-0.05, 0) is 6.92 Å². The van der Waals surface area contributed by atoms with E-state index in [1.807, 2.05) is 48.5 Å². The van der Waals surface area contributed by atoms with Crippen molar-refractivity contribution < 1.29 is 14.6 Å². The molecular weight excluding hydrogens is 372 g/mol. The van der Waals surface area contributed by atoms with Crippen molar-refractivity contribution in [2.45, 2.75) is 36.6 Å². The number of rotatable bonds is 5. The third-order valence-corrected chi connectivity index (χ3v) is 5.69. The van der Waals surface area contributed by atoms with Gasteiger partial charge >= 0.3 is 5.97 Å². The topological polar surface area (TPSA) is 75.2 Å². The van der Waals surface area contributed by atoms with Crippen LogP contribution in [0.25, 0.3) is 22.5 Å². The number of benzene rings is 2. The summed E-state index contributed by atoms with van der Waals surface area (Å²) in [6, 6.07) is 20.1. The molecule has 0 spiro atoms. The van der Waals surface area contributed by atoms with Gasteiger partial charge in [-0.1, -0.05) is 72.4 Å². The van der Waals surface area contributed by atoms with Crippen molar-refractivity contribution in [2.24, 2.45) is 0 Å². The Labute approximate surface area is 168 Å². The number of esters is 1. The number of ether oxygens (including phenoxy) is 1. The predicted octanol–water partition coefficient (Wildman–Crippen LogP) is 4.29. The van der Waals surface area contributed by atoms with E-state index in [-0.39, 0.29) is 18.5 Å². The molecule has 0 bridgehead atoms. The maximum Gasteiger partial charge on any atom is 0.309 e. The first-order valence-electron chi connectivity index (χ1n) is 9.26. The quantitative estimate of drug-likeness (QED) is 0.499. The SMILES string of the molecule is C[C@]1(O)CC(=O)O[C@H](CSc2nc(-c3ccccc3)c(-c3ccccc3)[nH]2)C1. The molecule has 2 atom stereocenters. The minimum absolute atomic E-state index is 0.0469. The Hall–Kier alpha value is -2.57. The van der Waals surface area contributed by atoms with Crippen LogP contribution in [0.3, 0.4) is 0 Å². The van der Waals surface area contributed by atoms with Gasteiger partial charge in [-0.2, -0.15) is 0 Å². The number of thioether (sulfide) groups is 1. The number of hydrogen-bond donors (Lipinski definition) is 2. The van der Waals surface area contributed by atoms with E-state index in [2.05, 4.69) is 17.1 Å². The molecule has 0 radical (unpaired) electrons. The van der Waals surface area contributed by atoms with Crippen LogP contribution in [0.5, 0.6) is 0 Å². The molecule has 0 saturated carbocycles. The van der Waals surface area contributed by atoms with E-state index < -0.39 is 5.60 Å². The summed E-state index contributed by atoms with van der Waals surface area (Å²) in [5.41, 5.74) is 2.95. The Kier molecular flexibility index (Phi) is 5.24. The van der Waals surface area contributed by atoms with Gasteiger partial charge in [0.1, 0.15) is 6.10 Å². The molecule has 4 rings (SSSR count). The van der Waals surface area contributed by atoms with Crippen molar-refractivity contribution >= 4 is 17.7 Å². The van der Waals surface area contributed by atoms with E-state index in [1.165, 1.54) is 11.8 Å². The van der Waals surface area contributed by atoms with E-state index in [9.17, 15) is 9.90 Å². The molecular formula is C22H22N2O3S. The highest BCUT2D eigenvalue weighted by Gasteiger charge is 2.36. The fourth-order valence-electron chi connectivity index (χ4n) is 3.45. The Morgan fingerprint density at radius 3 is 2.43 bits per heavy atom. The van der Waals surface area contributed by atoms with Crippen LogP contribution in [0.1, 0.15) is 19.8 Å². The molecule has 3 aromatic rings. The van der Waals surface area contributed by atoms with Gasteiger partial charge in [-0.15, -0.1) is 0 Å². The van der Waals surface area contributed by atoms with Gasteiger partial charge in [0, 0.05) is 23.3 Å². The lowest BCUT2D eigenvalue weighted by Gasteiger charge is -2.32. The van der Waals surface area contributed by atoms with Gasteiger partial charge in [-0.3, -0.25) is 4.79 Å². The number of cyclic esters (lactones) is 1. The zero-order valence-electron chi connectivity index (χ0n) is 15.6. The fourth-order valence-corrected chi connectivity index (χ4v) is 4.31. The number of aromatic nitrogens is 2. The molecule has 1 aliphatic heterocycles. The molecule has 28 heavy (non-hydrogen) atoms.